The van der Waals surface area contributed by atoms with Crippen LogP contribution in [0.15, 0.2) is 53.7 Å². The zero-order valence-corrected chi connectivity index (χ0v) is 16.1. The summed E-state index contributed by atoms with van der Waals surface area (Å²) in [5.41, 5.74) is 3.12. The standard InChI is InChI=1S/C19H19ClN4OS/c1-13-6-3-4-9-17(13)24-14(2)22-23-19(24)26-12-18(25)21-11-15-7-5-8-16(20)10-15/h3-10H,11-12H2,1-2H3,(H,21,25). The molecule has 2 aromatic carbocycles. The highest BCUT2D eigenvalue weighted by Gasteiger charge is 2.14. The first-order chi connectivity index (χ1) is 12.5. The van der Waals surface area contributed by atoms with E-state index in [0.29, 0.717) is 16.7 Å². The number of halogens is 1. The van der Waals surface area contributed by atoms with E-state index in [0.717, 1.165) is 22.6 Å². The van der Waals surface area contributed by atoms with Gasteiger partial charge in [-0.2, -0.15) is 0 Å². The molecule has 0 unspecified atom stereocenters. The number of amides is 1. The van der Waals surface area contributed by atoms with Gasteiger partial charge in [-0.3, -0.25) is 9.36 Å². The van der Waals surface area contributed by atoms with Crippen molar-refractivity contribution in [2.24, 2.45) is 0 Å². The van der Waals surface area contributed by atoms with Crippen LogP contribution >= 0.6 is 23.4 Å². The molecule has 0 aliphatic carbocycles. The van der Waals surface area contributed by atoms with Gasteiger partial charge in [0.2, 0.25) is 5.91 Å². The lowest BCUT2D eigenvalue weighted by atomic mass is 10.2. The summed E-state index contributed by atoms with van der Waals surface area (Å²) in [4.78, 5) is 12.2. The second kappa shape index (κ2) is 8.38. The smallest absolute Gasteiger partial charge is 0.230 e. The highest BCUT2D eigenvalue weighted by atomic mass is 35.5. The van der Waals surface area contributed by atoms with Gasteiger partial charge in [0.1, 0.15) is 5.82 Å². The number of rotatable bonds is 6. The lowest BCUT2D eigenvalue weighted by molar-refractivity contribution is -0.118. The van der Waals surface area contributed by atoms with Crippen LogP contribution in [0.5, 0.6) is 0 Å². The molecule has 0 saturated carbocycles. The first kappa shape index (κ1) is 18.5. The maximum atomic E-state index is 12.2. The number of benzene rings is 2. The predicted molar refractivity (Wildman–Crippen MR) is 105 cm³/mol. The van der Waals surface area contributed by atoms with Crippen molar-refractivity contribution in [3.8, 4) is 5.69 Å². The van der Waals surface area contributed by atoms with Gasteiger partial charge in [-0.1, -0.05) is 53.7 Å². The van der Waals surface area contributed by atoms with E-state index < -0.39 is 0 Å². The SMILES string of the molecule is Cc1ccccc1-n1c(C)nnc1SCC(=O)NCc1cccc(Cl)c1. The Morgan fingerprint density at radius 1 is 1.15 bits per heavy atom. The Kier molecular flexibility index (Phi) is 5.96. The van der Waals surface area contributed by atoms with Gasteiger partial charge in [-0.15, -0.1) is 10.2 Å². The lowest BCUT2D eigenvalue weighted by Crippen LogP contribution is -2.24. The molecule has 134 valence electrons. The summed E-state index contributed by atoms with van der Waals surface area (Å²) in [6, 6.07) is 15.5. The Hall–Kier alpha value is -2.31. The van der Waals surface area contributed by atoms with Crippen molar-refractivity contribution in [2.45, 2.75) is 25.5 Å². The van der Waals surface area contributed by atoms with Gasteiger partial charge < -0.3 is 5.32 Å². The van der Waals surface area contributed by atoms with Crippen molar-refractivity contribution in [2.75, 3.05) is 5.75 Å². The van der Waals surface area contributed by atoms with E-state index in [-0.39, 0.29) is 11.7 Å². The summed E-state index contributed by atoms with van der Waals surface area (Å²) in [5, 5.41) is 12.6. The molecule has 0 bridgehead atoms. The maximum Gasteiger partial charge on any atom is 0.230 e. The molecule has 0 spiro atoms. The number of thioether (sulfide) groups is 1. The summed E-state index contributed by atoms with van der Waals surface area (Å²) in [7, 11) is 0. The summed E-state index contributed by atoms with van der Waals surface area (Å²) in [6.07, 6.45) is 0. The third-order valence-corrected chi connectivity index (χ3v) is 5.03. The number of nitrogens with one attached hydrogen (secondary N) is 1. The molecule has 1 aromatic heterocycles. The molecule has 7 heteroatoms. The highest BCUT2D eigenvalue weighted by Crippen LogP contribution is 2.23. The van der Waals surface area contributed by atoms with E-state index in [1.54, 1.807) is 0 Å². The maximum absolute atomic E-state index is 12.2. The molecule has 0 saturated heterocycles. The second-order valence-electron chi connectivity index (χ2n) is 5.85. The first-order valence-electron chi connectivity index (χ1n) is 8.16. The van der Waals surface area contributed by atoms with Crippen molar-refractivity contribution < 1.29 is 4.79 Å². The van der Waals surface area contributed by atoms with Crippen LogP contribution in [0, 0.1) is 13.8 Å². The minimum atomic E-state index is -0.0630. The molecule has 5 nitrogen and oxygen atoms in total. The van der Waals surface area contributed by atoms with Gasteiger partial charge in [-0.05, 0) is 43.2 Å². The van der Waals surface area contributed by atoms with Crippen molar-refractivity contribution >= 4 is 29.3 Å². The largest absolute Gasteiger partial charge is 0.351 e. The number of aromatic nitrogens is 3. The van der Waals surface area contributed by atoms with Gasteiger partial charge in [0.25, 0.3) is 0 Å². The summed E-state index contributed by atoms with van der Waals surface area (Å²) in [6.45, 7) is 4.40. The second-order valence-corrected chi connectivity index (χ2v) is 7.23. The summed E-state index contributed by atoms with van der Waals surface area (Å²) in [5.74, 6) is 0.998. The van der Waals surface area contributed by atoms with Crippen LogP contribution in [0.2, 0.25) is 5.02 Å². The van der Waals surface area contributed by atoms with Crippen LogP contribution in [-0.2, 0) is 11.3 Å². The Labute approximate surface area is 161 Å². The van der Waals surface area contributed by atoms with E-state index in [1.165, 1.54) is 11.8 Å². The molecule has 1 heterocycles. The number of aryl methyl sites for hydroxylation is 2. The third-order valence-electron chi connectivity index (χ3n) is 3.86. The third kappa shape index (κ3) is 4.45. The van der Waals surface area contributed by atoms with E-state index in [2.05, 4.69) is 15.5 Å². The minimum Gasteiger partial charge on any atom is -0.351 e. The average Bonchev–Trinajstić information content (AvgIpc) is 2.99. The van der Waals surface area contributed by atoms with Crippen molar-refractivity contribution in [3.05, 3.63) is 70.5 Å². The molecule has 1 amide bonds. The minimum absolute atomic E-state index is 0.0630. The van der Waals surface area contributed by atoms with Crippen LogP contribution < -0.4 is 5.32 Å². The van der Waals surface area contributed by atoms with Crippen LogP contribution in [0.25, 0.3) is 5.69 Å². The van der Waals surface area contributed by atoms with Crippen LogP contribution in [0.3, 0.4) is 0 Å². The molecule has 26 heavy (non-hydrogen) atoms. The number of carbonyl (C=O) groups excluding carboxylic acids is 1. The van der Waals surface area contributed by atoms with Crippen LogP contribution in [0.1, 0.15) is 17.0 Å². The van der Waals surface area contributed by atoms with Gasteiger partial charge in [0.15, 0.2) is 5.16 Å². The molecule has 0 aliphatic rings. The summed E-state index contributed by atoms with van der Waals surface area (Å²) >= 11 is 7.33. The zero-order valence-electron chi connectivity index (χ0n) is 14.6. The molecule has 3 rings (SSSR count). The quantitative estimate of drug-likeness (QED) is 0.652. The van der Waals surface area contributed by atoms with E-state index in [9.17, 15) is 4.79 Å². The zero-order chi connectivity index (χ0) is 18.5. The van der Waals surface area contributed by atoms with Gasteiger partial charge in [0.05, 0.1) is 11.4 Å². The van der Waals surface area contributed by atoms with Crippen LogP contribution in [-0.4, -0.2) is 26.4 Å². The average molecular weight is 387 g/mol. The fourth-order valence-corrected chi connectivity index (χ4v) is 3.59. The molecular formula is C19H19ClN4OS. The van der Waals surface area contributed by atoms with Gasteiger partial charge >= 0.3 is 0 Å². The first-order valence-corrected chi connectivity index (χ1v) is 9.53. The molecule has 0 aliphatic heterocycles. The molecule has 3 aromatic rings. The van der Waals surface area contributed by atoms with Gasteiger partial charge in [-0.25, -0.2) is 0 Å². The number of hydrogen-bond acceptors (Lipinski definition) is 4. The summed E-state index contributed by atoms with van der Waals surface area (Å²) < 4.78 is 1.98. The number of hydrogen-bond donors (Lipinski definition) is 1. The molecule has 0 radical (unpaired) electrons. The fourth-order valence-electron chi connectivity index (χ4n) is 2.56. The molecule has 0 atom stereocenters. The van der Waals surface area contributed by atoms with Gasteiger partial charge in [0, 0.05) is 11.6 Å². The number of para-hydroxylation sites is 1. The van der Waals surface area contributed by atoms with Crippen molar-refractivity contribution in [1.82, 2.24) is 20.1 Å². The predicted octanol–water partition coefficient (Wildman–Crippen LogP) is 3.95. The molecule has 1 N–H and O–H groups in total. The highest BCUT2D eigenvalue weighted by molar-refractivity contribution is 7.99. The Balaban J connectivity index is 1.63. The Morgan fingerprint density at radius 3 is 2.73 bits per heavy atom. The normalized spacial score (nSPS) is 10.7. The van der Waals surface area contributed by atoms with Crippen molar-refractivity contribution in [1.29, 1.82) is 0 Å². The topological polar surface area (TPSA) is 59.8 Å². The molecular weight excluding hydrogens is 368 g/mol. The van der Waals surface area contributed by atoms with E-state index >= 15 is 0 Å². The monoisotopic (exact) mass is 386 g/mol. The molecule has 0 fully saturated rings. The van der Waals surface area contributed by atoms with E-state index in [4.69, 9.17) is 11.6 Å². The number of nitrogens with zero attached hydrogens (tertiary/aromatic N) is 3. The Morgan fingerprint density at radius 2 is 1.96 bits per heavy atom. The number of carbonyl (C=O) groups is 1. The van der Waals surface area contributed by atoms with E-state index in [1.807, 2.05) is 66.9 Å². The van der Waals surface area contributed by atoms with Crippen LogP contribution in [0.4, 0.5) is 0 Å². The Bertz CT molecular complexity index is 925. The van der Waals surface area contributed by atoms with Crippen molar-refractivity contribution in [3.63, 3.8) is 0 Å². The lowest BCUT2D eigenvalue weighted by Gasteiger charge is -2.11. The fraction of sp³-hybridized carbons (Fsp3) is 0.211.